The third-order valence-corrected chi connectivity index (χ3v) is 10.7. The predicted molar refractivity (Wildman–Crippen MR) is 257 cm³/mol. The number of hydrogen-bond donors (Lipinski definition) is 0. The van der Waals surface area contributed by atoms with Gasteiger partial charge in [-0.25, -0.2) is 0 Å². The van der Waals surface area contributed by atoms with Crippen LogP contribution in [0.2, 0.25) is 0 Å². The van der Waals surface area contributed by atoms with Crippen molar-refractivity contribution in [2.75, 3.05) is 92.5 Å². The molecule has 0 fully saturated rings. The summed E-state index contributed by atoms with van der Waals surface area (Å²) in [7, 11) is 0. The molecule has 6 rings (SSSR count). The molecule has 0 aliphatic heterocycles. The Morgan fingerprint density at radius 3 is 1.00 bits per heavy atom. The lowest BCUT2D eigenvalue weighted by Crippen LogP contribution is -2.14. The van der Waals surface area contributed by atoms with E-state index in [0.29, 0.717) is 106 Å². The number of hydrogen-bond acceptors (Lipinski definition) is 13. The van der Waals surface area contributed by atoms with Crippen LogP contribution in [-0.2, 0) is 59.2 Å². The largest absolute Gasteiger partial charge is 0.493 e. The molecule has 360 valence electrons. The molecule has 0 saturated carbocycles. The summed E-state index contributed by atoms with van der Waals surface area (Å²) in [4.78, 5) is 0. The van der Waals surface area contributed by atoms with Crippen LogP contribution in [0.25, 0.3) is 22.3 Å². The number of aryl methyl sites for hydroxylation is 6. The van der Waals surface area contributed by atoms with Crippen LogP contribution in [0.5, 0.6) is 11.5 Å². The molecule has 6 aromatic rings. The first-order valence-corrected chi connectivity index (χ1v) is 23.4. The first-order chi connectivity index (χ1) is 32.9. The van der Waals surface area contributed by atoms with Gasteiger partial charge in [0.1, 0.15) is 34.4 Å². The van der Waals surface area contributed by atoms with Crippen molar-refractivity contribution in [3.8, 4) is 33.8 Å². The quantitative estimate of drug-likeness (QED) is 0.0356. The van der Waals surface area contributed by atoms with Gasteiger partial charge in [0.2, 0.25) is 0 Å². The molecule has 0 radical (unpaired) electrons. The first-order valence-electron chi connectivity index (χ1n) is 23.4. The van der Waals surface area contributed by atoms with Crippen molar-refractivity contribution in [3.05, 3.63) is 142 Å². The number of nitrogens with zero attached hydrogens (tertiary/aromatic N) is 2. The molecule has 0 N–H and O–H groups in total. The van der Waals surface area contributed by atoms with Crippen LogP contribution in [-0.4, -0.2) is 103 Å². The summed E-state index contributed by atoms with van der Waals surface area (Å²) < 4.78 is 62.6. The van der Waals surface area contributed by atoms with Crippen LogP contribution in [0.4, 0.5) is 0 Å². The van der Waals surface area contributed by atoms with Crippen LogP contribution in [0.3, 0.4) is 0 Å². The molecule has 0 amide bonds. The van der Waals surface area contributed by atoms with Gasteiger partial charge in [0.05, 0.1) is 106 Å². The summed E-state index contributed by atoms with van der Waals surface area (Å²) in [5.74, 6) is 3.53. The van der Waals surface area contributed by atoms with Gasteiger partial charge in [0, 0.05) is 25.0 Å². The molecule has 0 aliphatic carbocycles. The van der Waals surface area contributed by atoms with Crippen LogP contribution < -0.4 is 9.47 Å². The fraction of sp³-hybridized carbons (Fsp3) is 0.444. The molecular formula is C54H68N2O11. The lowest BCUT2D eigenvalue weighted by Gasteiger charge is -2.14. The van der Waals surface area contributed by atoms with E-state index in [1.165, 1.54) is 22.3 Å². The van der Waals surface area contributed by atoms with Gasteiger partial charge in [-0.05, 0) is 109 Å². The Morgan fingerprint density at radius 1 is 0.358 bits per heavy atom. The van der Waals surface area contributed by atoms with Crippen molar-refractivity contribution in [1.82, 2.24) is 10.3 Å². The topological polar surface area (TPSA) is 135 Å². The van der Waals surface area contributed by atoms with Gasteiger partial charge in [-0.1, -0.05) is 71.0 Å². The van der Waals surface area contributed by atoms with E-state index in [9.17, 15) is 0 Å². The zero-order valence-electron chi connectivity index (χ0n) is 39.8. The summed E-state index contributed by atoms with van der Waals surface area (Å²) >= 11 is 0. The van der Waals surface area contributed by atoms with E-state index in [1.807, 2.05) is 24.3 Å². The van der Waals surface area contributed by atoms with Crippen molar-refractivity contribution in [1.29, 1.82) is 0 Å². The maximum absolute atomic E-state index is 6.16. The number of rotatable bonds is 34. The molecule has 2 heterocycles. The van der Waals surface area contributed by atoms with Crippen molar-refractivity contribution >= 4 is 0 Å². The van der Waals surface area contributed by atoms with Crippen LogP contribution in [0.15, 0.2) is 106 Å². The molecule has 2 aromatic heterocycles. The summed E-state index contributed by atoms with van der Waals surface area (Å²) in [6.45, 7) is 16.0. The second-order valence-corrected chi connectivity index (χ2v) is 16.3. The van der Waals surface area contributed by atoms with Crippen molar-refractivity contribution in [3.63, 3.8) is 0 Å². The van der Waals surface area contributed by atoms with Crippen molar-refractivity contribution < 1.29 is 51.7 Å². The molecule has 0 spiro atoms. The highest BCUT2D eigenvalue weighted by atomic mass is 16.6. The second kappa shape index (κ2) is 29.4. The third-order valence-electron chi connectivity index (χ3n) is 10.7. The Balaban J connectivity index is 0.660. The van der Waals surface area contributed by atoms with Gasteiger partial charge >= 0.3 is 0 Å². The Kier molecular flexibility index (Phi) is 22.4. The number of aromatic nitrogens is 2. The highest BCUT2D eigenvalue weighted by molar-refractivity contribution is 5.68. The Labute approximate surface area is 395 Å². The van der Waals surface area contributed by atoms with Crippen LogP contribution >= 0.6 is 0 Å². The van der Waals surface area contributed by atoms with E-state index in [1.54, 1.807) is 0 Å². The van der Waals surface area contributed by atoms with E-state index >= 15 is 0 Å². The molecule has 0 unspecified atom stereocenters. The molecule has 67 heavy (non-hydrogen) atoms. The molecule has 0 saturated heterocycles. The van der Waals surface area contributed by atoms with Crippen LogP contribution in [0.1, 0.15) is 58.0 Å². The summed E-state index contributed by atoms with van der Waals surface area (Å²) in [6.07, 6.45) is 3.12. The number of benzene rings is 4. The average molecular weight is 921 g/mol. The molecule has 13 nitrogen and oxygen atoms in total. The van der Waals surface area contributed by atoms with Crippen molar-refractivity contribution in [2.45, 2.75) is 66.6 Å². The molecule has 0 atom stereocenters. The van der Waals surface area contributed by atoms with Gasteiger partial charge < -0.3 is 51.7 Å². The fourth-order valence-electron chi connectivity index (χ4n) is 7.45. The maximum atomic E-state index is 6.16. The molecule has 13 heteroatoms. The van der Waals surface area contributed by atoms with Gasteiger partial charge in [-0.15, -0.1) is 0 Å². The van der Waals surface area contributed by atoms with Crippen LogP contribution in [0, 0.1) is 27.7 Å². The summed E-state index contributed by atoms with van der Waals surface area (Å²) in [5.41, 5.74) is 10.9. The Bertz CT molecular complexity index is 2070. The van der Waals surface area contributed by atoms with E-state index < -0.39 is 0 Å². The van der Waals surface area contributed by atoms with Gasteiger partial charge in [0.25, 0.3) is 0 Å². The van der Waals surface area contributed by atoms with Crippen molar-refractivity contribution in [2.24, 2.45) is 0 Å². The standard InChI is InChI=1S/C54H68N2O11/c1-41-33-47(45-13-7-5-8-14-45)34-42(2)53(41)64-19-11-17-51-37-49(55-66-51)39-62-31-29-60-27-25-58-23-21-57-22-24-59-26-28-61-30-32-63-40-50-38-52(67-56-50)18-12-20-65-54-43(3)35-48(36-44(54)4)46-15-9-6-10-16-46/h5-10,13-16,33-38H,11-12,17-32,39-40H2,1-4H3. The molecule has 4 aromatic carbocycles. The summed E-state index contributed by atoms with van der Waals surface area (Å²) in [6, 6.07) is 33.4. The van der Waals surface area contributed by atoms with E-state index in [-0.39, 0.29) is 0 Å². The molecule has 0 aliphatic rings. The normalized spacial score (nSPS) is 11.4. The predicted octanol–water partition coefficient (Wildman–Crippen LogP) is 10.1. The lowest BCUT2D eigenvalue weighted by atomic mass is 10.00. The smallest absolute Gasteiger partial charge is 0.137 e. The Morgan fingerprint density at radius 2 is 0.672 bits per heavy atom. The lowest BCUT2D eigenvalue weighted by molar-refractivity contribution is -0.0220. The van der Waals surface area contributed by atoms with Gasteiger partial charge in [-0.2, -0.15) is 0 Å². The first kappa shape index (κ1) is 51.0. The zero-order valence-corrected chi connectivity index (χ0v) is 39.8. The maximum Gasteiger partial charge on any atom is 0.137 e. The minimum Gasteiger partial charge on any atom is -0.493 e. The number of ether oxygens (including phenoxy) is 9. The monoisotopic (exact) mass is 920 g/mol. The van der Waals surface area contributed by atoms with Gasteiger partial charge in [-0.3, -0.25) is 0 Å². The SMILES string of the molecule is Cc1cc(-c2ccccc2)cc(C)c1OCCCc1cc(COCCOCCOCCOCCOCCOCCOCc2cc(CCCOc3c(C)cc(-c4ccccc4)cc3C)on2)no1. The summed E-state index contributed by atoms with van der Waals surface area (Å²) in [5, 5.41) is 8.26. The Hall–Kier alpha value is -5.38. The van der Waals surface area contributed by atoms with E-state index in [4.69, 9.17) is 51.7 Å². The minimum atomic E-state index is 0.369. The van der Waals surface area contributed by atoms with E-state index in [0.717, 1.165) is 82.3 Å². The zero-order chi connectivity index (χ0) is 46.7. The van der Waals surface area contributed by atoms with Gasteiger partial charge in [0.15, 0.2) is 0 Å². The average Bonchev–Trinajstić information content (AvgIpc) is 4.00. The molecular weight excluding hydrogens is 853 g/mol. The minimum absolute atomic E-state index is 0.369. The molecule has 0 bridgehead atoms. The fourth-order valence-corrected chi connectivity index (χ4v) is 7.45. The highest BCUT2D eigenvalue weighted by Gasteiger charge is 2.12. The highest BCUT2D eigenvalue weighted by Crippen LogP contribution is 2.32. The van der Waals surface area contributed by atoms with E-state index in [2.05, 4.69) is 111 Å². The second-order valence-electron chi connectivity index (χ2n) is 16.3. The third kappa shape index (κ3) is 18.3.